The highest BCUT2D eigenvalue weighted by atomic mass is 16.5. The summed E-state index contributed by atoms with van der Waals surface area (Å²) >= 11 is 0. The summed E-state index contributed by atoms with van der Waals surface area (Å²) < 4.78 is 5.96. The number of para-hydroxylation sites is 1. The van der Waals surface area contributed by atoms with Gasteiger partial charge in [0.05, 0.1) is 13.2 Å². The van der Waals surface area contributed by atoms with E-state index in [9.17, 15) is 5.11 Å². The second kappa shape index (κ2) is 6.10. The Morgan fingerprint density at radius 3 is 2.75 bits per heavy atom. The van der Waals surface area contributed by atoms with Crippen molar-refractivity contribution in [3.8, 4) is 5.75 Å². The zero-order valence-corrected chi connectivity index (χ0v) is 11.6. The van der Waals surface area contributed by atoms with Gasteiger partial charge in [0.1, 0.15) is 5.75 Å². The highest BCUT2D eigenvalue weighted by Gasteiger charge is 2.20. The fourth-order valence-electron chi connectivity index (χ4n) is 2.99. The second-order valence-corrected chi connectivity index (χ2v) is 5.36. The molecule has 1 aliphatic rings. The maximum absolute atomic E-state index is 9.33. The lowest BCUT2D eigenvalue weighted by Crippen LogP contribution is -2.17. The first-order valence-electron chi connectivity index (χ1n) is 7.28. The Bertz CT molecular complexity index is 577. The van der Waals surface area contributed by atoms with Crippen LogP contribution in [0.4, 0.5) is 0 Å². The van der Waals surface area contributed by atoms with Gasteiger partial charge in [-0.2, -0.15) is 0 Å². The molecule has 0 saturated heterocycles. The number of aliphatic hydroxyl groups excluding tert-OH is 1. The van der Waals surface area contributed by atoms with Gasteiger partial charge < -0.3 is 9.84 Å². The first-order valence-corrected chi connectivity index (χ1v) is 7.28. The Morgan fingerprint density at radius 2 is 1.85 bits per heavy atom. The van der Waals surface area contributed by atoms with Crippen molar-refractivity contribution in [3.05, 3.63) is 65.2 Å². The number of ether oxygens (including phenoxy) is 1. The molecule has 0 radical (unpaired) electrons. The van der Waals surface area contributed by atoms with Crippen molar-refractivity contribution in [3.63, 3.8) is 0 Å². The molecule has 0 aromatic heterocycles. The zero-order chi connectivity index (χ0) is 13.8. The van der Waals surface area contributed by atoms with Crippen molar-refractivity contribution < 1.29 is 9.84 Å². The van der Waals surface area contributed by atoms with Gasteiger partial charge in [0.15, 0.2) is 0 Å². The van der Waals surface area contributed by atoms with E-state index in [0.717, 1.165) is 11.3 Å². The van der Waals surface area contributed by atoms with E-state index in [0.29, 0.717) is 12.5 Å². The number of aliphatic hydroxyl groups is 1. The minimum absolute atomic E-state index is 0.0252. The van der Waals surface area contributed by atoms with Gasteiger partial charge in [-0.25, -0.2) is 0 Å². The van der Waals surface area contributed by atoms with Crippen molar-refractivity contribution in [1.29, 1.82) is 0 Å². The quantitative estimate of drug-likeness (QED) is 0.916. The van der Waals surface area contributed by atoms with Crippen molar-refractivity contribution in [2.45, 2.75) is 31.8 Å². The predicted molar refractivity (Wildman–Crippen MR) is 80.0 cm³/mol. The average molecular weight is 268 g/mol. The third-order valence-corrected chi connectivity index (χ3v) is 4.08. The van der Waals surface area contributed by atoms with Crippen LogP contribution < -0.4 is 4.74 Å². The molecule has 0 fully saturated rings. The van der Waals surface area contributed by atoms with Gasteiger partial charge in [-0.3, -0.25) is 0 Å². The summed E-state index contributed by atoms with van der Waals surface area (Å²) in [6, 6.07) is 16.4. The number of fused-ring (bicyclic) bond motifs is 1. The normalized spacial score (nSPS) is 17.6. The summed E-state index contributed by atoms with van der Waals surface area (Å²) in [5.41, 5.74) is 3.75. The van der Waals surface area contributed by atoms with E-state index < -0.39 is 0 Å². The fraction of sp³-hybridized carbons (Fsp3) is 0.333. The summed E-state index contributed by atoms with van der Waals surface area (Å²) in [5, 5.41) is 9.33. The van der Waals surface area contributed by atoms with E-state index in [1.54, 1.807) is 0 Å². The highest BCUT2D eigenvalue weighted by molar-refractivity contribution is 5.35. The molecule has 3 rings (SSSR count). The summed E-state index contributed by atoms with van der Waals surface area (Å²) in [7, 11) is 0. The van der Waals surface area contributed by atoms with Crippen LogP contribution in [-0.4, -0.2) is 11.7 Å². The number of aryl methyl sites for hydroxylation is 1. The summed E-state index contributed by atoms with van der Waals surface area (Å²) in [6.45, 7) is 0.714. The molecular weight excluding hydrogens is 248 g/mol. The number of hydrogen-bond acceptors (Lipinski definition) is 2. The average Bonchev–Trinajstić information content (AvgIpc) is 2.53. The lowest BCUT2D eigenvalue weighted by molar-refractivity contribution is 0.248. The monoisotopic (exact) mass is 268 g/mol. The van der Waals surface area contributed by atoms with Crippen LogP contribution in [0.5, 0.6) is 5.75 Å². The van der Waals surface area contributed by atoms with E-state index in [-0.39, 0.29) is 6.61 Å². The topological polar surface area (TPSA) is 29.5 Å². The molecule has 20 heavy (non-hydrogen) atoms. The first kappa shape index (κ1) is 13.2. The van der Waals surface area contributed by atoms with Crippen molar-refractivity contribution >= 4 is 0 Å². The lowest BCUT2D eigenvalue weighted by atomic mass is 9.83. The van der Waals surface area contributed by atoms with E-state index in [4.69, 9.17) is 4.74 Å². The van der Waals surface area contributed by atoms with Crippen molar-refractivity contribution in [2.75, 3.05) is 6.61 Å². The van der Waals surface area contributed by atoms with Gasteiger partial charge in [0.25, 0.3) is 0 Å². The maximum Gasteiger partial charge on any atom is 0.124 e. The molecule has 0 saturated carbocycles. The fourth-order valence-corrected chi connectivity index (χ4v) is 2.99. The Kier molecular flexibility index (Phi) is 4.03. The maximum atomic E-state index is 9.33. The molecule has 1 aliphatic carbocycles. The third kappa shape index (κ3) is 2.70. The van der Waals surface area contributed by atoms with Crippen LogP contribution in [0.3, 0.4) is 0 Å². The van der Waals surface area contributed by atoms with Crippen LogP contribution >= 0.6 is 0 Å². The van der Waals surface area contributed by atoms with Crippen molar-refractivity contribution in [1.82, 2.24) is 0 Å². The van der Waals surface area contributed by atoms with E-state index in [1.165, 1.54) is 30.4 Å². The molecule has 1 unspecified atom stereocenters. The molecule has 0 bridgehead atoms. The van der Waals surface area contributed by atoms with Crippen LogP contribution in [0, 0.1) is 0 Å². The molecule has 2 aromatic carbocycles. The Balaban J connectivity index is 1.73. The van der Waals surface area contributed by atoms with Gasteiger partial charge in [-0.05, 0) is 36.5 Å². The van der Waals surface area contributed by atoms with Gasteiger partial charge in [0, 0.05) is 11.5 Å². The molecule has 0 amide bonds. The first-order chi connectivity index (χ1) is 9.88. The van der Waals surface area contributed by atoms with Gasteiger partial charge >= 0.3 is 0 Å². The molecule has 2 nitrogen and oxygen atoms in total. The third-order valence-electron chi connectivity index (χ3n) is 4.08. The molecule has 1 N–H and O–H groups in total. The molecule has 0 aliphatic heterocycles. The molecule has 2 aromatic rings. The molecule has 2 heteroatoms. The Labute approximate surface area is 120 Å². The highest BCUT2D eigenvalue weighted by Crippen LogP contribution is 2.32. The summed E-state index contributed by atoms with van der Waals surface area (Å²) in [5.74, 6) is 1.27. The molecule has 104 valence electrons. The molecule has 0 heterocycles. The number of benzene rings is 2. The van der Waals surface area contributed by atoms with E-state index >= 15 is 0 Å². The second-order valence-electron chi connectivity index (χ2n) is 5.36. The Hall–Kier alpha value is -1.80. The van der Waals surface area contributed by atoms with E-state index in [2.05, 4.69) is 24.3 Å². The summed E-state index contributed by atoms with van der Waals surface area (Å²) in [4.78, 5) is 0. The van der Waals surface area contributed by atoms with Gasteiger partial charge in [0.2, 0.25) is 0 Å². The SMILES string of the molecule is OCc1ccccc1OCC1CCCc2ccccc21. The molecule has 1 atom stereocenters. The van der Waals surface area contributed by atoms with Crippen LogP contribution in [0.15, 0.2) is 48.5 Å². The van der Waals surface area contributed by atoms with Crippen LogP contribution in [0.2, 0.25) is 0 Å². The van der Waals surface area contributed by atoms with Gasteiger partial charge in [-0.1, -0.05) is 42.5 Å². The minimum atomic E-state index is 0.0252. The van der Waals surface area contributed by atoms with E-state index in [1.807, 2.05) is 24.3 Å². The van der Waals surface area contributed by atoms with Crippen LogP contribution in [0.25, 0.3) is 0 Å². The van der Waals surface area contributed by atoms with Crippen molar-refractivity contribution in [2.24, 2.45) is 0 Å². The number of rotatable bonds is 4. The molecule has 0 spiro atoms. The minimum Gasteiger partial charge on any atom is -0.493 e. The standard InChI is InChI=1S/C18H20O2/c19-12-15-7-2-4-11-18(15)20-13-16-9-5-8-14-6-1-3-10-17(14)16/h1-4,6-7,10-11,16,19H,5,8-9,12-13H2. The molecular formula is C18H20O2. The van der Waals surface area contributed by atoms with Crippen LogP contribution in [-0.2, 0) is 13.0 Å². The largest absolute Gasteiger partial charge is 0.493 e. The predicted octanol–water partition coefficient (Wildman–Crippen LogP) is 3.68. The van der Waals surface area contributed by atoms with Gasteiger partial charge in [-0.15, -0.1) is 0 Å². The zero-order valence-electron chi connectivity index (χ0n) is 11.6. The summed E-state index contributed by atoms with van der Waals surface area (Å²) in [6.07, 6.45) is 3.59. The lowest BCUT2D eigenvalue weighted by Gasteiger charge is -2.25. The van der Waals surface area contributed by atoms with Crippen LogP contribution in [0.1, 0.15) is 35.4 Å². The number of hydrogen-bond donors (Lipinski definition) is 1. The Morgan fingerprint density at radius 1 is 1.05 bits per heavy atom. The smallest absolute Gasteiger partial charge is 0.124 e.